The standard InChI is InChI=1S/C29H32N4O8/c1-17-6-4-5-7-21(17)33-29(39)31-20-11-9-19(10-12-20)30-26(35)16-23(34)28(38)32-22(15-27(36)37)18-8-13-24(40-2)25(14-18)41-3/h4-14,22-23,34H,15-16H2,1-3H3,(H,30,35)(H,32,38)(H,36,37)(H2,31,33,39)/t22-,23?/m0/s1. The van der Waals surface area contributed by atoms with E-state index in [4.69, 9.17) is 9.47 Å². The van der Waals surface area contributed by atoms with Crippen LogP contribution >= 0.6 is 0 Å². The molecule has 0 aliphatic heterocycles. The summed E-state index contributed by atoms with van der Waals surface area (Å²) in [5.41, 5.74) is 2.86. The molecule has 3 aromatic rings. The quantitative estimate of drug-likeness (QED) is 0.193. The van der Waals surface area contributed by atoms with E-state index in [1.807, 2.05) is 25.1 Å². The number of carbonyl (C=O) groups is 4. The molecule has 6 N–H and O–H groups in total. The fourth-order valence-electron chi connectivity index (χ4n) is 3.88. The Labute approximate surface area is 236 Å². The van der Waals surface area contributed by atoms with Crippen LogP contribution in [0.2, 0.25) is 0 Å². The van der Waals surface area contributed by atoms with Crippen molar-refractivity contribution in [3.8, 4) is 11.5 Å². The van der Waals surface area contributed by atoms with E-state index in [0.717, 1.165) is 5.56 Å². The van der Waals surface area contributed by atoms with Crippen molar-refractivity contribution in [1.82, 2.24) is 5.32 Å². The van der Waals surface area contributed by atoms with Gasteiger partial charge in [-0.15, -0.1) is 0 Å². The molecule has 4 amide bonds. The molecule has 0 radical (unpaired) electrons. The van der Waals surface area contributed by atoms with Crippen molar-refractivity contribution >= 4 is 40.9 Å². The number of benzene rings is 3. The molecule has 1 unspecified atom stereocenters. The smallest absolute Gasteiger partial charge is 0.323 e. The number of carboxylic acids is 1. The van der Waals surface area contributed by atoms with E-state index >= 15 is 0 Å². The third kappa shape index (κ3) is 8.97. The van der Waals surface area contributed by atoms with Crippen molar-refractivity contribution in [1.29, 1.82) is 0 Å². The molecule has 0 fully saturated rings. The van der Waals surface area contributed by atoms with Gasteiger partial charge in [-0.25, -0.2) is 4.79 Å². The number of anilines is 3. The van der Waals surface area contributed by atoms with Gasteiger partial charge in [-0.2, -0.15) is 0 Å². The van der Waals surface area contributed by atoms with Crippen molar-refractivity contribution in [2.75, 3.05) is 30.2 Å². The first-order chi connectivity index (χ1) is 19.6. The summed E-state index contributed by atoms with van der Waals surface area (Å²) in [6.07, 6.45) is -2.78. The lowest BCUT2D eigenvalue weighted by molar-refractivity contribution is -0.138. The zero-order chi connectivity index (χ0) is 29.9. The number of aliphatic carboxylic acids is 1. The zero-order valence-electron chi connectivity index (χ0n) is 22.8. The number of hydrogen-bond acceptors (Lipinski definition) is 7. The number of aryl methyl sites for hydroxylation is 1. The molecule has 0 aliphatic carbocycles. The highest BCUT2D eigenvalue weighted by atomic mass is 16.5. The van der Waals surface area contributed by atoms with E-state index < -0.39 is 48.8 Å². The Bertz CT molecular complexity index is 1390. The number of aliphatic hydroxyl groups is 1. The molecule has 3 aromatic carbocycles. The van der Waals surface area contributed by atoms with E-state index in [2.05, 4.69) is 21.3 Å². The number of para-hydroxylation sites is 1. The zero-order valence-corrected chi connectivity index (χ0v) is 22.8. The fourth-order valence-corrected chi connectivity index (χ4v) is 3.88. The number of ether oxygens (including phenoxy) is 2. The van der Waals surface area contributed by atoms with Gasteiger partial charge in [0, 0.05) is 17.1 Å². The lowest BCUT2D eigenvalue weighted by Crippen LogP contribution is -2.39. The van der Waals surface area contributed by atoms with Crippen LogP contribution in [0, 0.1) is 6.92 Å². The normalized spacial score (nSPS) is 11.9. The van der Waals surface area contributed by atoms with Crippen LogP contribution in [-0.2, 0) is 14.4 Å². The van der Waals surface area contributed by atoms with Crippen LogP contribution in [0.15, 0.2) is 66.7 Å². The molecule has 3 rings (SSSR count). The molecule has 41 heavy (non-hydrogen) atoms. The van der Waals surface area contributed by atoms with Crippen molar-refractivity contribution < 1.29 is 38.9 Å². The van der Waals surface area contributed by atoms with Gasteiger partial charge < -0.3 is 41.0 Å². The number of carboxylic acid groups (broad SMARTS) is 1. The molecule has 0 saturated carbocycles. The summed E-state index contributed by atoms with van der Waals surface area (Å²) < 4.78 is 10.4. The highest BCUT2D eigenvalue weighted by Crippen LogP contribution is 2.31. The molecule has 12 heteroatoms. The molecule has 0 heterocycles. The van der Waals surface area contributed by atoms with Crippen LogP contribution in [0.25, 0.3) is 0 Å². The summed E-state index contributed by atoms with van der Waals surface area (Å²) in [4.78, 5) is 48.8. The van der Waals surface area contributed by atoms with Gasteiger partial charge in [0.05, 0.1) is 33.1 Å². The second-order valence-electron chi connectivity index (χ2n) is 9.01. The average molecular weight is 565 g/mol. The highest BCUT2D eigenvalue weighted by molar-refractivity contribution is 6.00. The summed E-state index contributed by atoms with van der Waals surface area (Å²) in [5.74, 6) is -1.99. The van der Waals surface area contributed by atoms with E-state index in [-0.39, 0.29) is 0 Å². The van der Waals surface area contributed by atoms with Crippen LogP contribution < -0.4 is 30.7 Å². The minimum Gasteiger partial charge on any atom is -0.493 e. The maximum Gasteiger partial charge on any atom is 0.323 e. The van der Waals surface area contributed by atoms with Crippen LogP contribution in [-0.4, -0.2) is 54.4 Å². The molecule has 0 spiro atoms. The van der Waals surface area contributed by atoms with Gasteiger partial charge in [0.25, 0.3) is 0 Å². The minimum absolute atomic E-state index is 0.336. The third-order valence-electron chi connectivity index (χ3n) is 6.01. The predicted octanol–water partition coefficient (Wildman–Crippen LogP) is 3.68. The third-order valence-corrected chi connectivity index (χ3v) is 6.01. The van der Waals surface area contributed by atoms with Crippen LogP contribution in [0.4, 0.5) is 21.9 Å². The summed E-state index contributed by atoms with van der Waals surface area (Å²) in [6.45, 7) is 1.88. The number of rotatable bonds is 12. The second kappa shape index (κ2) is 14.3. The topological polar surface area (TPSA) is 175 Å². The predicted molar refractivity (Wildman–Crippen MR) is 152 cm³/mol. The van der Waals surface area contributed by atoms with Crippen LogP contribution in [0.3, 0.4) is 0 Å². The number of methoxy groups -OCH3 is 2. The maximum absolute atomic E-state index is 12.6. The lowest BCUT2D eigenvalue weighted by atomic mass is 10.0. The SMILES string of the molecule is COc1ccc([C@H](CC(=O)O)NC(=O)C(O)CC(=O)Nc2ccc(NC(=O)Nc3ccccc3C)cc2)cc1OC. The van der Waals surface area contributed by atoms with Crippen molar-refractivity contribution in [2.45, 2.75) is 31.9 Å². The summed E-state index contributed by atoms with van der Waals surface area (Å²) >= 11 is 0. The molecular weight excluding hydrogens is 532 g/mol. The number of amides is 4. The summed E-state index contributed by atoms with van der Waals surface area (Å²) in [6, 6.07) is 16.8. The maximum atomic E-state index is 12.6. The molecule has 216 valence electrons. The van der Waals surface area contributed by atoms with Gasteiger partial charge in [-0.05, 0) is 60.5 Å². The number of nitrogens with one attached hydrogen (secondary N) is 4. The molecular formula is C29H32N4O8. The second-order valence-corrected chi connectivity index (χ2v) is 9.01. The highest BCUT2D eigenvalue weighted by Gasteiger charge is 2.25. The number of carbonyl (C=O) groups excluding carboxylic acids is 3. The average Bonchev–Trinajstić information content (AvgIpc) is 2.94. The number of hydrogen-bond donors (Lipinski definition) is 6. The Balaban J connectivity index is 1.55. The largest absolute Gasteiger partial charge is 0.493 e. The molecule has 0 saturated heterocycles. The van der Waals surface area contributed by atoms with Crippen molar-refractivity contribution in [2.24, 2.45) is 0 Å². The van der Waals surface area contributed by atoms with Crippen molar-refractivity contribution in [3.63, 3.8) is 0 Å². The van der Waals surface area contributed by atoms with Gasteiger partial charge in [0.1, 0.15) is 6.10 Å². The number of urea groups is 1. The first kappa shape index (κ1) is 30.4. The van der Waals surface area contributed by atoms with E-state index in [9.17, 15) is 29.4 Å². The van der Waals surface area contributed by atoms with Crippen LogP contribution in [0.1, 0.15) is 30.0 Å². The molecule has 12 nitrogen and oxygen atoms in total. The van der Waals surface area contributed by atoms with E-state index in [1.165, 1.54) is 20.3 Å². The molecule has 0 aromatic heterocycles. The Kier molecular flexibility index (Phi) is 10.6. The van der Waals surface area contributed by atoms with Gasteiger partial charge in [-0.1, -0.05) is 24.3 Å². The van der Waals surface area contributed by atoms with E-state index in [0.29, 0.717) is 34.1 Å². The minimum atomic E-state index is -1.74. The molecule has 0 aliphatic rings. The monoisotopic (exact) mass is 564 g/mol. The molecule has 0 bridgehead atoms. The van der Waals surface area contributed by atoms with E-state index in [1.54, 1.807) is 42.5 Å². The van der Waals surface area contributed by atoms with Crippen LogP contribution in [0.5, 0.6) is 11.5 Å². The fraction of sp³-hybridized carbons (Fsp3) is 0.241. The first-order valence-corrected chi connectivity index (χ1v) is 12.5. The molecule has 2 atom stereocenters. The Hall–Kier alpha value is -5.10. The Morgan fingerprint density at radius 3 is 2.05 bits per heavy atom. The number of aliphatic hydroxyl groups excluding tert-OH is 1. The Morgan fingerprint density at radius 1 is 0.805 bits per heavy atom. The first-order valence-electron chi connectivity index (χ1n) is 12.5. The van der Waals surface area contributed by atoms with Gasteiger partial charge in [0.2, 0.25) is 11.8 Å². The van der Waals surface area contributed by atoms with Gasteiger partial charge in [0.15, 0.2) is 11.5 Å². The van der Waals surface area contributed by atoms with Gasteiger partial charge in [-0.3, -0.25) is 14.4 Å². The van der Waals surface area contributed by atoms with Gasteiger partial charge >= 0.3 is 12.0 Å². The Morgan fingerprint density at radius 2 is 1.44 bits per heavy atom. The lowest BCUT2D eigenvalue weighted by Gasteiger charge is -2.21. The van der Waals surface area contributed by atoms with Crippen molar-refractivity contribution in [3.05, 3.63) is 77.9 Å². The summed E-state index contributed by atoms with van der Waals surface area (Å²) in [5, 5.41) is 30.2. The summed E-state index contributed by atoms with van der Waals surface area (Å²) in [7, 11) is 2.87.